The number of aromatic nitrogens is 1. The average molecular weight is 347 g/mol. The monoisotopic (exact) mass is 346 g/mol. The molecule has 1 N–H and O–H groups in total. The Morgan fingerprint density at radius 2 is 1.88 bits per heavy atom. The number of nitrogens with zero attached hydrogens (tertiary/aromatic N) is 1. The molecule has 1 amide bonds. The summed E-state index contributed by atoms with van der Waals surface area (Å²) in [7, 11) is 0. The molecule has 2 rings (SSSR count). The van der Waals surface area contributed by atoms with Crippen LogP contribution in [0, 0.1) is 0 Å². The summed E-state index contributed by atoms with van der Waals surface area (Å²) >= 11 is 5.67. The van der Waals surface area contributed by atoms with Crippen LogP contribution in [0.4, 0.5) is 0 Å². The van der Waals surface area contributed by atoms with Crippen LogP contribution >= 0.6 is 11.6 Å². The Balaban J connectivity index is 1.83. The number of carbonyl (C=O) groups is 2. The van der Waals surface area contributed by atoms with Crippen LogP contribution in [0.2, 0.25) is 5.15 Å². The number of carbonyl (C=O) groups excluding carboxylic acids is 2. The van der Waals surface area contributed by atoms with Crippen LogP contribution in [0.15, 0.2) is 48.7 Å². The Hall–Kier alpha value is -2.40. The van der Waals surface area contributed by atoms with Gasteiger partial charge < -0.3 is 10.1 Å². The minimum Gasteiger partial charge on any atom is -0.449 e. The van der Waals surface area contributed by atoms with Crippen LogP contribution in [-0.4, -0.2) is 29.5 Å². The lowest BCUT2D eigenvalue weighted by Crippen LogP contribution is -2.37. The second-order valence-electron chi connectivity index (χ2n) is 5.47. The molecule has 2 atom stereocenters. The van der Waals surface area contributed by atoms with Gasteiger partial charge in [-0.3, -0.25) is 4.79 Å². The number of halogens is 1. The Labute approximate surface area is 146 Å². The van der Waals surface area contributed by atoms with Gasteiger partial charge >= 0.3 is 5.97 Å². The Morgan fingerprint density at radius 1 is 1.17 bits per heavy atom. The zero-order chi connectivity index (χ0) is 17.5. The van der Waals surface area contributed by atoms with Gasteiger partial charge in [0.25, 0.3) is 5.91 Å². The van der Waals surface area contributed by atoms with E-state index in [-0.39, 0.29) is 22.5 Å². The van der Waals surface area contributed by atoms with Crippen LogP contribution in [0.3, 0.4) is 0 Å². The molecule has 1 aromatic carbocycles. The van der Waals surface area contributed by atoms with Crippen molar-refractivity contribution < 1.29 is 14.3 Å². The molecule has 0 spiro atoms. The highest BCUT2D eigenvalue weighted by Crippen LogP contribution is 2.13. The summed E-state index contributed by atoms with van der Waals surface area (Å²) < 4.78 is 5.14. The second-order valence-corrected chi connectivity index (χ2v) is 5.86. The molecule has 0 unspecified atom stereocenters. The minimum atomic E-state index is -0.892. The van der Waals surface area contributed by atoms with E-state index in [0.717, 1.165) is 5.56 Å². The van der Waals surface area contributed by atoms with Crippen molar-refractivity contribution >= 4 is 23.5 Å². The summed E-state index contributed by atoms with van der Waals surface area (Å²) in [4.78, 5) is 27.8. The van der Waals surface area contributed by atoms with Gasteiger partial charge in [-0.05, 0) is 30.5 Å². The SMILES string of the molecule is C[C@@H](OC(=O)c1ccc(Cl)nc1)C(=O)NC[C@H](C)c1ccccc1. The lowest BCUT2D eigenvalue weighted by Gasteiger charge is -2.16. The molecule has 24 heavy (non-hydrogen) atoms. The van der Waals surface area contributed by atoms with Crippen LogP contribution in [-0.2, 0) is 9.53 Å². The van der Waals surface area contributed by atoms with E-state index >= 15 is 0 Å². The first-order chi connectivity index (χ1) is 11.5. The third-order valence-electron chi connectivity index (χ3n) is 3.57. The van der Waals surface area contributed by atoms with Gasteiger partial charge in [-0.1, -0.05) is 48.9 Å². The lowest BCUT2D eigenvalue weighted by atomic mass is 10.0. The highest BCUT2D eigenvalue weighted by atomic mass is 35.5. The van der Waals surface area contributed by atoms with Gasteiger partial charge in [0.05, 0.1) is 5.56 Å². The van der Waals surface area contributed by atoms with E-state index in [1.165, 1.54) is 25.3 Å². The molecule has 0 bridgehead atoms. The van der Waals surface area contributed by atoms with Crippen LogP contribution < -0.4 is 5.32 Å². The number of rotatable bonds is 6. The van der Waals surface area contributed by atoms with Crippen molar-refractivity contribution in [2.45, 2.75) is 25.9 Å². The predicted molar refractivity (Wildman–Crippen MR) is 92.0 cm³/mol. The third-order valence-corrected chi connectivity index (χ3v) is 3.79. The number of amides is 1. The number of nitrogens with one attached hydrogen (secondary N) is 1. The standard InChI is InChI=1S/C18H19ClN2O3/c1-12(14-6-4-3-5-7-14)10-21-17(22)13(2)24-18(23)15-8-9-16(19)20-11-15/h3-9,11-13H,10H2,1-2H3,(H,21,22)/t12-,13+/m0/s1. The van der Waals surface area contributed by atoms with Crippen molar-refractivity contribution in [2.75, 3.05) is 6.54 Å². The van der Waals surface area contributed by atoms with Gasteiger partial charge in [-0.25, -0.2) is 9.78 Å². The average Bonchev–Trinajstić information content (AvgIpc) is 2.60. The summed E-state index contributed by atoms with van der Waals surface area (Å²) in [5, 5.41) is 3.08. The van der Waals surface area contributed by atoms with E-state index in [2.05, 4.69) is 10.3 Å². The van der Waals surface area contributed by atoms with E-state index in [9.17, 15) is 9.59 Å². The fourth-order valence-corrected chi connectivity index (χ4v) is 2.19. The Morgan fingerprint density at radius 3 is 2.50 bits per heavy atom. The van der Waals surface area contributed by atoms with Crippen LogP contribution in [0.5, 0.6) is 0 Å². The molecular formula is C18H19ClN2O3. The van der Waals surface area contributed by atoms with E-state index in [1.807, 2.05) is 37.3 Å². The van der Waals surface area contributed by atoms with Gasteiger partial charge in [-0.2, -0.15) is 0 Å². The molecule has 6 heteroatoms. The zero-order valence-electron chi connectivity index (χ0n) is 13.5. The van der Waals surface area contributed by atoms with E-state index in [1.54, 1.807) is 0 Å². The minimum absolute atomic E-state index is 0.165. The fraction of sp³-hybridized carbons (Fsp3) is 0.278. The molecule has 0 saturated carbocycles. The maximum Gasteiger partial charge on any atom is 0.340 e. The van der Waals surface area contributed by atoms with Crippen molar-refractivity contribution in [1.29, 1.82) is 0 Å². The molecular weight excluding hydrogens is 328 g/mol. The summed E-state index contributed by atoms with van der Waals surface area (Å²) in [6.45, 7) is 4.02. The number of hydrogen-bond donors (Lipinski definition) is 1. The maximum absolute atomic E-state index is 12.1. The van der Waals surface area contributed by atoms with E-state index in [0.29, 0.717) is 6.54 Å². The molecule has 1 heterocycles. The molecule has 0 aliphatic rings. The number of ether oxygens (including phenoxy) is 1. The highest BCUT2D eigenvalue weighted by Gasteiger charge is 2.19. The smallest absolute Gasteiger partial charge is 0.340 e. The third kappa shape index (κ3) is 5.06. The van der Waals surface area contributed by atoms with Gasteiger partial charge in [-0.15, -0.1) is 0 Å². The van der Waals surface area contributed by atoms with Crippen molar-refractivity contribution in [3.8, 4) is 0 Å². The Bertz CT molecular complexity index is 689. The molecule has 0 radical (unpaired) electrons. The molecule has 2 aromatic rings. The summed E-state index contributed by atoms with van der Waals surface area (Å²) in [6.07, 6.45) is 0.420. The molecule has 0 aliphatic carbocycles. The topological polar surface area (TPSA) is 68.3 Å². The summed E-state index contributed by atoms with van der Waals surface area (Å²) in [5.74, 6) is -0.788. The first-order valence-electron chi connectivity index (χ1n) is 7.62. The quantitative estimate of drug-likeness (QED) is 0.644. The second kappa shape index (κ2) is 8.45. The van der Waals surface area contributed by atoms with Crippen molar-refractivity contribution in [3.05, 3.63) is 64.9 Å². The largest absolute Gasteiger partial charge is 0.449 e. The van der Waals surface area contributed by atoms with Crippen molar-refractivity contribution in [2.24, 2.45) is 0 Å². The lowest BCUT2D eigenvalue weighted by molar-refractivity contribution is -0.129. The number of hydrogen-bond acceptors (Lipinski definition) is 4. The van der Waals surface area contributed by atoms with Gasteiger partial charge in [0.1, 0.15) is 5.15 Å². The number of esters is 1. The molecule has 0 aliphatic heterocycles. The van der Waals surface area contributed by atoms with Crippen molar-refractivity contribution in [3.63, 3.8) is 0 Å². The molecule has 5 nitrogen and oxygen atoms in total. The van der Waals surface area contributed by atoms with Gasteiger partial charge in [0, 0.05) is 12.7 Å². The van der Waals surface area contributed by atoms with Crippen molar-refractivity contribution in [1.82, 2.24) is 10.3 Å². The molecule has 0 fully saturated rings. The number of pyridine rings is 1. The first-order valence-corrected chi connectivity index (χ1v) is 8.00. The predicted octanol–water partition coefficient (Wildman–Crippen LogP) is 3.20. The zero-order valence-corrected chi connectivity index (χ0v) is 14.3. The highest BCUT2D eigenvalue weighted by molar-refractivity contribution is 6.29. The van der Waals surface area contributed by atoms with E-state index < -0.39 is 12.1 Å². The molecule has 1 aromatic heterocycles. The molecule has 0 saturated heterocycles. The Kier molecular flexibility index (Phi) is 6.32. The maximum atomic E-state index is 12.1. The number of benzene rings is 1. The summed E-state index contributed by atoms with van der Waals surface area (Å²) in [6, 6.07) is 12.9. The van der Waals surface area contributed by atoms with Crippen LogP contribution in [0.25, 0.3) is 0 Å². The van der Waals surface area contributed by atoms with Gasteiger partial charge in [0.15, 0.2) is 6.10 Å². The van der Waals surface area contributed by atoms with Crippen LogP contribution in [0.1, 0.15) is 35.7 Å². The normalized spacial score (nSPS) is 13.0. The van der Waals surface area contributed by atoms with E-state index in [4.69, 9.17) is 16.3 Å². The summed E-state index contributed by atoms with van der Waals surface area (Å²) in [5.41, 5.74) is 1.38. The first kappa shape index (κ1) is 17.9. The van der Waals surface area contributed by atoms with Gasteiger partial charge in [0.2, 0.25) is 0 Å². The molecule has 126 valence electrons. The fourth-order valence-electron chi connectivity index (χ4n) is 2.08.